The van der Waals surface area contributed by atoms with Gasteiger partial charge in [-0.3, -0.25) is 4.79 Å². The Morgan fingerprint density at radius 3 is 2.53 bits per heavy atom. The molecule has 0 saturated heterocycles. The first kappa shape index (κ1) is 15.4. The van der Waals surface area contributed by atoms with Crippen molar-refractivity contribution in [1.82, 2.24) is 5.32 Å². The molecular weight excluding hydrogens is 238 g/mol. The first-order valence-electron chi connectivity index (χ1n) is 6.56. The van der Waals surface area contributed by atoms with Crippen LogP contribution in [0.4, 0.5) is 0 Å². The smallest absolute Gasteiger partial charge is 0.244 e. The lowest BCUT2D eigenvalue weighted by Crippen LogP contribution is -2.33. The highest BCUT2D eigenvalue weighted by Crippen LogP contribution is 2.17. The van der Waals surface area contributed by atoms with Crippen LogP contribution in [0.25, 0.3) is 6.08 Å². The van der Waals surface area contributed by atoms with Crippen LogP contribution in [0.2, 0.25) is 0 Å². The summed E-state index contributed by atoms with van der Waals surface area (Å²) in [5.41, 5.74) is 2.13. The lowest BCUT2D eigenvalue weighted by molar-refractivity contribution is -0.116. The molecule has 0 radical (unpaired) electrons. The Morgan fingerprint density at radius 2 is 1.95 bits per heavy atom. The minimum absolute atomic E-state index is 0.0812. The van der Waals surface area contributed by atoms with Crippen LogP contribution in [0.3, 0.4) is 0 Å². The normalized spacial score (nSPS) is 11.8. The molecule has 0 aromatic heterocycles. The number of rotatable bonds is 6. The fourth-order valence-corrected chi connectivity index (χ4v) is 1.63. The number of nitrogens with one attached hydrogen (secondary N) is 1. The molecule has 3 heteroatoms. The standard InChI is InChI=1S/C16H23NO2/c1-13-4-6-14(7-5-13)8-9-15(19)17-12-16(2,3)10-11-18/h4-9,18H,10-12H2,1-3H3,(H,17,19)/b9-8+. The topological polar surface area (TPSA) is 49.3 Å². The molecule has 0 saturated carbocycles. The zero-order valence-electron chi connectivity index (χ0n) is 11.9. The van der Waals surface area contributed by atoms with Crippen LogP contribution in [0.5, 0.6) is 0 Å². The molecule has 3 nitrogen and oxygen atoms in total. The summed E-state index contributed by atoms with van der Waals surface area (Å²) in [5, 5.41) is 11.8. The van der Waals surface area contributed by atoms with Crippen molar-refractivity contribution in [3.05, 3.63) is 41.5 Å². The summed E-state index contributed by atoms with van der Waals surface area (Å²) >= 11 is 0. The number of hydrogen-bond acceptors (Lipinski definition) is 2. The number of amides is 1. The largest absolute Gasteiger partial charge is 0.396 e. The molecule has 0 heterocycles. The predicted octanol–water partition coefficient (Wildman–Crippen LogP) is 2.53. The highest BCUT2D eigenvalue weighted by Gasteiger charge is 2.17. The number of hydrogen-bond donors (Lipinski definition) is 2. The number of aliphatic hydroxyl groups excluding tert-OH is 1. The Kier molecular flexibility index (Phi) is 5.77. The SMILES string of the molecule is Cc1ccc(/C=C/C(=O)NCC(C)(C)CCO)cc1. The Hall–Kier alpha value is -1.61. The summed E-state index contributed by atoms with van der Waals surface area (Å²) in [5.74, 6) is -0.105. The molecule has 1 amide bonds. The van der Waals surface area contributed by atoms with E-state index in [1.165, 1.54) is 5.56 Å². The number of aryl methyl sites for hydroxylation is 1. The number of carbonyl (C=O) groups excluding carboxylic acids is 1. The number of aliphatic hydroxyl groups is 1. The maximum absolute atomic E-state index is 11.7. The van der Waals surface area contributed by atoms with Gasteiger partial charge in [0, 0.05) is 19.2 Å². The van der Waals surface area contributed by atoms with E-state index < -0.39 is 0 Å². The monoisotopic (exact) mass is 261 g/mol. The molecule has 0 atom stereocenters. The van der Waals surface area contributed by atoms with Crippen molar-refractivity contribution in [2.24, 2.45) is 5.41 Å². The summed E-state index contributed by atoms with van der Waals surface area (Å²) in [4.78, 5) is 11.7. The van der Waals surface area contributed by atoms with E-state index in [9.17, 15) is 4.79 Å². The van der Waals surface area contributed by atoms with Gasteiger partial charge in [-0.05, 0) is 30.4 Å². The van der Waals surface area contributed by atoms with Gasteiger partial charge in [-0.25, -0.2) is 0 Å². The van der Waals surface area contributed by atoms with Gasteiger partial charge in [0.25, 0.3) is 0 Å². The molecule has 0 aliphatic heterocycles. The van der Waals surface area contributed by atoms with Crippen LogP contribution in [0.15, 0.2) is 30.3 Å². The van der Waals surface area contributed by atoms with Gasteiger partial charge in [-0.2, -0.15) is 0 Å². The predicted molar refractivity (Wildman–Crippen MR) is 78.7 cm³/mol. The Balaban J connectivity index is 2.45. The highest BCUT2D eigenvalue weighted by molar-refractivity contribution is 5.91. The maximum atomic E-state index is 11.7. The van der Waals surface area contributed by atoms with E-state index in [4.69, 9.17) is 5.11 Å². The second-order valence-electron chi connectivity index (χ2n) is 5.60. The van der Waals surface area contributed by atoms with Crippen molar-refractivity contribution in [3.8, 4) is 0 Å². The Morgan fingerprint density at radius 1 is 1.32 bits per heavy atom. The first-order chi connectivity index (χ1) is 8.93. The lowest BCUT2D eigenvalue weighted by Gasteiger charge is -2.23. The van der Waals surface area contributed by atoms with Crippen LogP contribution < -0.4 is 5.32 Å². The summed E-state index contributed by atoms with van der Waals surface area (Å²) in [6.45, 7) is 6.77. The van der Waals surface area contributed by atoms with Gasteiger partial charge in [0.1, 0.15) is 0 Å². The van der Waals surface area contributed by atoms with Crippen molar-refractivity contribution < 1.29 is 9.90 Å². The van der Waals surface area contributed by atoms with Gasteiger partial charge >= 0.3 is 0 Å². The molecule has 1 aromatic carbocycles. The van der Waals surface area contributed by atoms with E-state index in [0.717, 1.165) is 5.56 Å². The first-order valence-corrected chi connectivity index (χ1v) is 6.56. The van der Waals surface area contributed by atoms with Gasteiger partial charge in [0.2, 0.25) is 5.91 Å². The molecular formula is C16H23NO2. The van der Waals surface area contributed by atoms with E-state index in [1.54, 1.807) is 12.2 Å². The van der Waals surface area contributed by atoms with Crippen LogP contribution in [0.1, 0.15) is 31.4 Å². The van der Waals surface area contributed by atoms with E-state index in [-0.39, 0.29) is 17.9 Å². The molecule has 0 aliphatic rings. The molecule has 0 fully saturated rings. The quantitative estimate of drug-likeness (QED) is 0.773. The van der Waals surface area contributed by atoms with Crippen molar-refractivity contribution in [3.63, 3.8) is 0 Å². The molecule has 0 bridgehead atoms. The molecule has 0 aliphatic carbocycles. The van der Waals surface area contributed by atoms with E-state index in [0.29, 0.717) is 13.0 Å². The summed E-state index contributed by atoms with van der Waals surface area (Å²) < 4.78 is 0. The third-order valence-electron chi connectivity index (χ3n) is 3.03. The van der Waals surface area contributed by atoms with Gasteiger partial charge in [0.15, 0.2) is 0 Å². The minimum atomic E-state index is -0.105. The lowest BCUT2D eigenvalue weighted by atomic mass is 9.90. The second kappa shape index (κ2) is 7.10. The average Bonchev–Trinajstić information content (AvgIpc) is 2.36. The van der Waals surface area contributed by atoms with Crippen molar-refractivity contribution in [2.45, 2.75) is 27.2 Å². The maximum Gasteiger partial charge on any atom is 0.244 e. The van der Waals surface area contributed by atoms with Crippen molar-refractivity contribution in [2.75, 3.05) is 13.2 Å². The van der Waals surface area contributed by atoms with Crippen LogP contribution in [0, 0.1) is 12.3 Å². The zero-order chi connectivity index (χ0) is 14.3. The third kappa shape index (κ3) is 6.20. The average molecular weight is 261 g/mol. The molecule has 1 rings (SSSR count). The molecule has 0 unspecified atom stereocenters. The van der Waals surface area contributed by atoms with E-state index >= 15 is 0 Å². The van der Waals surface area contributed by atoms with Crippen LogP contribution in [-0.4, -0.2) is 24.2 Å². The van der Waals surface area contributed by atoms with Crippen LogP contribution >= 0.6 is 0 Å². The fourth-order valence-electron chi connectivity index (χ4n) is 1.63. The van der Waals surface area contributed by atoms with Crippen molar-refractivity contribution >= 4 is 12.0 Å². The van der Waals surface area contributed by atoms with Gasteiger partial charge < -0.3 is 10.4 Å². The number of benzene rings is 1. The molecule has 19 heavy (non-hydrogen) atoms. The van der Waals surface area contributed by atoms with Crippen LogP contribution in [-0.2, 0) is 4.79 Å². The van der Waals surface area contributed by atoms with Crippen molar-refractivity contribution in [1.29, 1.82) is 0 Å². The molecule has 2 N–H and O–H groups in total. The van der Waals surface area contributed by atoms with Gasteiger partial charge in [-0.15, -0.1) is 0 Å². The highest BCUT2D eigenvalue weighted by atomic mass is 16.3. The summed E-state index contributed by atoms with van der Waals surface area (Å²) in [6, 6.07) is 7.99. The summed E-state index contributed by atoms with van der Waals surface area (Å²) in [6.07, 6.45) is 4.02. The van der Waals surface area contributed by atoms with E-state index in [2.05, 4.69) is 5.32 Å². The third-order valence-corrected chi connectivity index (χ3v) is 3.03. The molecule has 0 spiro atoms. The minimum Gasteiger partial charge on any atom is -0.396 e. The second-order valence-corrected chi connectivity index (χ2v) is 5.60. The van der Waals surface area contributed by atoms with Gasteiger partial charge in [0.05, 0.1) is 0 Å². The number of carbonyl (C=O) groups is 1. The van der Waals surface area contributed by atoms with E-state index in [1.807, 2.05) is 45.0 Å². The fraction of sp³-hybridized carbons (Fsp3) is 0.438. The molecule has 104 valence electrons. The van der Waals surface area contributed by atoms with Gasteiger partial charge in [-0.1, -0.05) is 43.7 Å². The zero-order valence-corrected chi connectivity index (χ0v) is 11.9. The molecule has 1 aromatic rings. The Labute approximate surface area is 115 Å². The Bertz CT molecular complexity index is 433. The summed E-state index contributed by atoms with van der Waals surface area (Å²) in [7, 11) is 0.